The number of hydrogen-bond donors (Lipinski definition) is 0. The highest BCUT2D eigenvalue weighted by Gasteiger charge is 2.31. The molecule has 1 aliphatic heterocycles. The molecule has 0 saturated heterocycles. The summed E-state index contributed by atoms with van der Waals surface area (Å²) < 4.78 is 20.3. The summed E-state index contributed by atoms with van der Waals surface area (Å²) in [4.78, 5) is 18.1. The van der Waals surface area contributed by atoms with Crippen LogP contribution >= 0.6 is 0 Å². The van der Waals surface area contributed by atoms with E-state index in [-0.39, 0.29) is 12.5 Å². The number of fused-ring (bicyclic) bond motifs is 1. The van der Waals surface area contributed by atoms with Crippen LogP contribution in [0.5, 0.6) is 5.75 Å². The molecule has 0 bridgehead atoms. The van der Waals surface area contributed by atoms with Gasteiger partial charge in [-0.05, 0) is 24.8 Å². The third kappa shape index (κ3) is 3.04. The lowest BCUT2D eigenvalue weighted by molar-refractivity contribution is 0.0689. The van der Waals surface area contributed by atoms with Gasteiger partial charge in [-0.25, -0.2) is 4.39 Å². The molecule has 1 saturated carbocycles. The first-order chi connectivity index (χ1) is 11.2. The van der Waals surface area contributed by atoms with E-state index < -0.39 is 5.82 Å². The molecular weight excluding hydrogens is 299 g/mol. The Bertz CT molecular complexity index is 741. The number of amides is 1. The lowest BCUT2D eigenvalue weighted by Crippen LogP contribution is -2.41. The number of ether oxygens (including phenoxy) is 1. The molecule has 7 heteroatoms. The first kappa shape index (κ1) is 14.2. The second-order valence-corrected chi connectivity index (χ2v) is 6.07. The molecular formula is C16H17FN4O2. The fourth-order valence-corrected chi connectivity index (χ4v) is 2.78. The monoisotopic (exact) mass is 316 g/mol. The third-order valence-corrected chi connectivity index (χ3v) is 4.16. The fourth-order valence-electron chi connectivity index (χ4n) is 2.78. The quantitative estimate of drug-likeness (QED) is 0.845. The van der Waals surface area contributed by atoms with Gasteiger partial charge in [0.05, 0.1) is 18.9 Å². The van der Waals surface area contributed by atoms with E-state index in [1.54, 1.807) is 10.7 Å². The highest BCUT2D eigenvalue weighted by molar-refractivity contribution is 5.93. The van der Waals surface area contributed by atoms with Crippen molar-refractivity contribution in [3.63, 3.8) is 0 Å². The Morgan fingerprint density at radius 2 is 2.13 bits per heavy atom. The molecule has 0 N–H and O–H groups in total. The number of nitrogens with zero attached hydrogens (tertiary/aromatic N) is 4. The number of halogens is 1. The zero-order chi connectivity index (χ0) is 15.8. The van der Waals surface area contributed by atoms with Crippen molar-refractivity contribution in [3.05, 3.63) is 41.7 Å². The van der Waals surface area contributed by atoms with Gasteiger partial charge in [-0.3, -0.25) is 14.5 Å². The lowest BCUT2D eigenvalue weighted by atomic mass is 10.2. The minimum atomic E-state index is -0.447. The second-order valence-electron chi connectivity index (χ2n) is 6.07. The van der Waals surface area contributed by atoms with Crippen LogP contribution in [0.3, 0.4) is 0 Å². The van der Waals surface area contributed by atoms with E-state index in [0.29, 0.717) is 36.1 Å². The van der Waals surface area contributed by atoms with E-state index in [1.807, 2.05) is 4.90 Å². The third-order valence-electron chi connectivity index (χ3n) is 4.16. The van der Waals surface area contributed by atoms with Crippen molar-refractivity contribution in [1.82, 2.24) is 19.7 Å². The molecule has 2 aliphatic rings. The maximum atomic E-state index is 13.1. The number of pyridine rings is 1. The van der Waals surface area contributed by atoms with E-state index >= 15 is 0 Å². The van der Waals surface area contributed by atoms with Gasteiger partial charge in [-0.2, -0.15) is 5.10 Å². The average Bonchev–Trinajstić information content (AvgIpc) is 3.25. The molecule has 6 nitrogen and oxygen atoms in total. The van der Waals surface area contributed by atoms with Crippen molar-refractivity contribution in [2.75, 3.05) is 13.1 Å². The molecule has 2 aromatic rings. The number of hydrogen-bond acceptors (Lipinski definition) is 4. The van der Waals surface area contributed by atoms with Crippen molar-refractivity contribution in [3.8, 4) is 5.75 Å². The number of aromatic nitrogens is 3. The van der Waals surface area contributed by atoms with Crippen LogP contribution < -0.4 is 4.74 Å². The summed E-state index contributed by atoms with van der Waals surface area (Å²) in [6.07, 6.45) is 5.02. The van der Waals surface area contributed by atoms with Crippen LogP contribution in [0, 0.1) is 11.7 Å². The van der Waals surface area contributed by atoms with Crippen LogP contribution in [0.4, 0.5) is 4.39 Å². The van der Waals surface area contributed by atoms with E-state index in [2.05, 4.69) is 10.1 Å². The predicted molar refractivity (Wildman–Crippen MR) is 79.4 cm³/mol. The summed E-state index contributed by atoms with van der Waals surface area (Å²) >= 11 is 0. The van der Waals surface area contributed by atoms with Crippen LogP contribution in [-0.2, 0) is 13.2 Å². The minimum absolute atomic E-state index is 0.0364. The van der Waals surface area contributed by atoms with Gasteiger partial charge in [0.2, 0.25) is 0 Å². The van der Waals surface area contributed by atoms with Gasteiger partial charge >= 0.3 is 0 Å². The van der Waals surface area contributed by atoms with Gasteiger partial charge < -0.3 is 9.64 Å². The number of carbonyl (C=O) groups is 1. The van der Waals surface area contributed by atoms with Crippen molar-refractivity contribution in [2.45, 2.75) is 26.0 Å². The molecule has 0 atom stereocenters. The Balaban J connectivity index is 1.44. The Morgan fingerprint density at radius 3 is 2.91 bits per heavy atom. The molecule has 1 aliphatic carbocycles. The van der Waals surface area contributed by atoms with Gasteiger partial charge in [-0.1, -0.05) is 0 Å². The van der Waals surface area contributed by atoms with E-state index in [4.69, 9.17) is 4.74 Å². The topological polar surface area (TPSA) is 60.2 Å². The van der Waals surface area contributed by atoms with Crippen molar-refractivity contribution in [2.24, 2.45) is 5.92 Å². The van der Waals surface area contributed by atoms with Gasteiger partial charge in [0.1, 0.15) is 29.6 Å². The molecule has 0 spiro atoms. The summed E-state index contributed by atoms with van der Waals surface area (Å²) in [5.74, 6) is 0.612. The zero-order valence-electron chi connectivity index (χ0n) is 12.6. The largest absolute Gasteiger partial charge is 0.486 e. The van der Waals surface area contributed by atoms with Crippen LogP contribution in [0.25, 0.3) is 0 Å². The summed E-state index contributed by atoms with van der Waals surface area (Å²) in [5, 5.41) is 4.40. The molecule has 120 valence electrons. The SMILES string of the molecule is O=C1c2cc(COc3cncc(F)c3)nn2CCN1CC1CC1. The fraction of sp³-hybridized carbons (Fsp3) is 0.438. The molecule has 0 unspecified atom stereocenters. The average molecular weight is 316 g/mol. The molecule has 23 heavy (non-hydrogen) atoms. The zero-order valence-corrected chi connectivity index (χ0v) is 12.6. The summed E-state index contributed by atoms with van der Waals surface area (Å²) in [7, 11) is 0. The van der Waals surface area contributed by atoms with Gasteiger partial charge in [0.25, 0.3) is 5.91 Å². The van der Waals surface area contributed by atoms with Gasteiger partial charge in [-0.15, -0.1) is 0 Å². The van der Waals surface area contributed by atoms with E-state index in [0.717, 1.165) is 12.7 Å². The number of rotatable bonds is 5. The smallest absolute Gasteiger partial charge is 0.272 e. The molecule has 3 heterocycles. The Morgan fingerprint density at radius 1 is 1.26 bits per heavy atom. The normalized spacial score (nSPS) is 17.3. The van der Waals surface area contributed by atoms with Crippen molar-refractivity contribution < 1.29 is 13.9 Å². The van der Waals surface area contributed by atoms with Crippen molar-refractivity contribution in [1.29, 1.82) is 0 Å². The van der Waals surface area contributed by atoms with E-state index in [9.17, 15) is 9.18 Å². The summed E-state index contributed by atoms with van der Waals surface area (Å²) in [6, 6.07) is 3.03. The molecule has 1 fully saturated rings. The van der Waals surface area contributed by atoms with Crippen LogP contribution in [0.1, 0.15) is 29.0 Å². The Hall–Kier alpha value is -2.44. The van der Waals surface area contributed by atoms with Crippen molar-refractivity contribution >= 4 is 5.91 Å². The summed E-state index contributed by atoms with van der Waals surface area (Å²) in [6.45, 7) is 2.44. The highest BCUT2D eigenvalue weighted by atomic mass is 19.1. The van der Waals surface area contributed by atoms with Crippen LogP contribution in [0.2, 0.25) is 0 Å². The Kier molecular flexibility index (Phi) is 3.48. The van der Waals surface area contributed by atoms with E-state index in [1.165, 1.54) is 25.1 Å². The van der Waals surface area contributed by atoms with Crippen LogP contribution in [0.15, 0.2) is 24.5 Å². The maximum absolute atomic E-state index is 13.1. The highest BCUT2D eigenvalue weighted by Crippen LogP contribution is 2.30. The minimum Gasteiger partial charge on any atom is -0.486 e. The standard InChI is InChI=1S/C16H17FN4O2/c17-12-5-14(8-18-7-12)23-10-13-6-15-16(22)20(9-11-1-2-11)3-4-21(15)19-13/h5-8,11H,1-4,9-10H2. The molecule has 0 radical (unpaired) electrons. The summed E-state index contributed by atoms with van der Waals surface area (Å²) in [5.41, 5.74) is 1.26. The lowest BCUT2D eigenvalue weighted by Gasteiger charge is -2.27. The molecule has 2 aromatic heterocycles. The Labute approximate surface area is 132 Å². The van der Waals surface area contributed by atoms with Gasteiger partial charge in [0.15, 0.2) is 0 Å². The first-order valence-electron chi connectivity index (χ1n) is 7.78. The predicted octanol–water partition coefficient (Wildman–Crippen LogP) is 1.86. The second kappa shape index (κ2) is 5.64. The first-order valence-corrected chi connectivity index (χ1v) is 7.78. The number of carbonyl (C=O) groups excluding carboxylic acids is 1. The molecule has 0 aromatic carbocycles. The van der Waals surface area contributed by atoms with Crippen LogP contribution in [-0.4, -0.2) is 38.7 Å². The maximum Gasteiger partial charge on any atom is 0.272 e. The van der Waals surface area contributed by atoms with Gasteiger partial charge in [0, 0.05) is 19.2 Å². The molecule has 1 amide bonds. The molecule has 4 rings (SSSR count).